The van der Waals surface area contributed by atoms with Crippen LogP contribution in [0.2, 0.25) is 0 Å². The first-order valence-electron chi connectivity index (χ1n) is 8.64. The molecule has 152 valence electrons. The molecule has 4 rings (SSSR count). The summed E-state index contributed by atoms with van der Waals surface area (Å²) in [7, 11) is 1.30. The molecule has 30 heavy (non-hydrogen) atoms. The van der Waals surface area contributed by atoms with E-state index >= 15 is 0 Å². The van der Waals surface area contributed by atoms with E-state index in [0.717, 1.165) is 16.9 Å². The van der Waals surface area contributed by atoms with E-state index in [4.69, 9.17) is 0 Å². The summed E-state index contributed by atoms with van der Waals surface area (Å²) in [5.74, 6) is -1.19. The van der Waals surface area contributed by atoms with Crippen LogP contribution in [0.1, 0.15) is 16.1 Å². The maximum absolute atomic E-state index is 13.9. The number of nitrogens with one attached hydrogen (secondary N) is 1. The van der Waals surface area contributed by atoms with Gasteiger partial charge in [-0.1, -0.05) is 6.07 Å². The number of aryl methyl sites for hydroxylation is 1. The average Bonchev–Trinajstić information content (AvgIpc) is 3.08. The van der Waals surface area contributed by atoms with Crippen LogP contribution in [0.4, 0.5) is 23.4 Å². The van der Waals surface area contributed by atoms with Crippen LogP contribution in [-0.4, -0.2) is 25.7 Å². The SMILES string of the molecule is Cn1nc(C(F)(F)F)cc1NC(=O)c1ccc2cc(-c3ccncc3F)cnc2c1. The fourth-order valence-electron chi connectivity index (χ4n) is 2.93. The van der Waals surface area contributed by atoms with Crippen molar-refractivity contribution in [1.82, 2.24) is 19.7 Å². The predicted octanol–water partition coefficient (Wildman–Crippen LogP) is 4.44. The van der Waals surface area contributed by atoms with Crippen molar-refractivity contribution in [1.29, 1.82) is 0 Å². The predicted molar refractivity (Wildman–Crippen MR) is 101 cm³/mol. The molecule has 0 saturated heterocycles. The van der Waals surface area contributed by atoms with Crippen LogP contribution in [0.5, 0.6) is 0 Å². The van der Waals surface area contributed by atoms with E-state index < -0.39 is 23.6 Å². The Bertz CT molecular complexity index is 1270. The number of nitrogens with zero attached hydrogens (tertiary/aromatic N) is 4. The summed E-state index contributed by atoms with van der Waals surface area (Å²) in [4.78, 5) is 20.5. The third kappa shape index (κ3) is 3.71. The number of carbonyl (C=O) groups is 1. The van der Waals surface area contributed by atoms with Gasteiger partial charge in [0.1, 0.15) is 11.6 Å². The van der Waals surface area contributed by atoms with Gasteiger partial charge in [0.25, 0.3) is 5.91 Å². The van der Waals surface area contributed by atoms with Gasteiger partial charge < -0.3 is 5.32 Å². The number of amides is 1. The number of anilines is 1. The molecule has 3 heterocycles. The molecule has 0 aliphatic rings. The summed E-state index contributed by atoms with van der Waals surface area (Å²) in [6.07, 6.45) is -0.562. The Kier molecular flexibility index (Phi) is 4.69. The van der Waals surface area contributed by atoms with Gasteiger partial charge in [-0.25, -0.2) is 4.39 Å². The van der Waals surface area contributed by atoms with Gasteiger partial charge in [-0.05, 0) is 24.3 Å². The minimum absolute atomic E-state index is 0.0936. The standard InChI is InChI=1S/C20H13F4N5O/c1-29-18(8-17(28-29)20(22,23)24)27-19(30)12-3-2-11-6-13(9-26-16(11)7-12)14-4-5-25-10-15(14)21/h2-10H,1H3,(H,27,30). The lowest BCUT2D eigenvalue weighted by molar-refractivity contribution is -0.141. The molecule has 0 saturated carbocycles. The highest BCUT2D eigenvalue weighted by Gasteiger charge is 2.34. The number of pyridine rings is 2. The van der Waals surface area contributed by atoms with Crippen molar-refractivity contribution < 1.29 is 22.4 Å². The Labute approximate surface area is 167 Å². The topological polar surface area (TPSA) is 72.7 Å². The molecule has 0 aliphatic carbocycles. The van der Waals surface area contributed by atoms with Crippen LogP contribution in [-0.2, 0) is 13.2 Å². The second kappa shape index (κ2) is 7.21. The molecule has 4 aromatic rings. The van der Waals surface area contributed by atoms with Crippen LogP contribution >= 0.6 is 0 Å². The van der Waals surface area contributed by atoms with Crippen molar-refractivity contribution >= 4 is 22.6 Å². The monoisotopic (exact) mass is 415 g/mol. The van der Waals surface area contributed by atoms with Crippen molar-refractivity contribution in [3.8, 4) is 11.1 Å². The maximum Gasteiger partial charge on any atom is 0.435 e. The zero-order chi connectivity index (χ0) is 21.5. The first kappa shape index (κ1) is 19.5. The largest absolute Gasteiger partial charge is 0.435 e. The van der Waals surface area contributed by atoms with E-state index in [1.54, 1.807) is 12.1 Å². The fourth-order valence-corrected chi connectivity index (χ4v) is 2.93. The molecule has 0 atom stereocenters. The van der Waals surface area contributed by atoms with Crippen molar-refractivity contribution in [3.05, 3.63) is 72.1 Å². The molecule has 1 aromatic carbocycles. The number of benzene rings is 1. The number of hydrogen-bond acceptors (Lipinski definition) is 4. The summed E-state index contributed by atoms with van der Waals surface area (Å²) < 4.78 is 53.2. The van der Waals surface area contributed by atoms with Crippen molar-refractivity contribution in [2.24, 2.45) is 7.05 Å². The third-order valence-electron chi connectivity index (χ3n) is 4.44. The molecule has 0 unspecified atom stereocenters. The Morgan fingerprint density at radius 3 is 2.60 bits per heavy atom. The van der Waals surface area contributed by atoms with Crippen LogP contribution < -0.4 is 5.32 Å². The number of hydrogen-bond donors (Lipinski definition) is 1. The molecule has 0 radical (unpaired) electrons. The van der Waals surface area contributed by atoms with Crippen LogP contribution in [0.15, 0.2) is 55.0 Å². The van der Waals surface area contributed by atoms with Gasteiger partial charge in [0.05, 0.1) is 11.7 Å². The van der Waals surface area contributed by atoms with Gasteiger partial charge in [-0.3, -0.25) is 19.4 Å². The molecular weight excluding hydrogens is 402 g/mol. The second-order valence-electron chi connectivity index (χ2n) is 6.48. The number of fused-ring (bicyclic) bond motifs is 1. The lowest BCUT2D eigenvalue weighted by Crippen LogP contribution is -2.14. The van der Waals surface area contributed by atoms with Gasteiger partial charge in [-0.15, -0.1) is 0 Å². The average molecular weight is 415 g/mol. The molecule has 0 fully saturated rings. The van der Waals surface area contributed by atoms with E-state index in [0.29, 0.717) is 22.0 Å². The van der Waals surface area contributed by atoms with Crippen LogP contribution in [0.3, 0.4) is 0 Å². The maximum atomic E-state index is 13.9. The molecule has 1 N–H and O–H groups in total. The summed E-state index contributed by atoms with van der Waals surface area (Å²) in [6.45, 7) is 0. The van der Waals surface area contributed by atoms with Gasteiger partial charge in [0.15, 0.2) is 5.69 Å². The van der Waals surface area contributed by atoms with Gasteiger partial charge in [0, 0.05) is 47.6 Å². The van der Waals surface area contributed by atoms with E-state index in [2.05, 4.69) is 20.4 Å². The van der Waals surface area contributed by atoms with Gasteiger partial charge in [-0.2, -0.15) is 18.3 Å². The summed E-state index contributed by atoms with van der Waals surface area (Å²) in [5.41, 5.74) is 0.470. The van der Waals surface area contributed by atoms with Gasteiger partial charge >= 0.3 is 6.18 Å². The first-order valence-corrected chi connectivity index (χ1v) is 8.64. The molecule has 3 aromatic heterocycles. The lowest BCUT2D eigenvalue weighted by atomic mass is 10.0. The van der Waals surface area contributed by atoms with Crippen molar-refractivity contribution in [2.45, 2.75) is 6.18 Å². The summed E-state index contributed by atoms with van der Waals surface area (Å²) in [5, 5.41) is 6.43. The van der Waals surface area contributed by atoms with E-state index in [-0.39, 0.29) is 11.4 Å². The number of carbonyl (C=O) groups excluding carboxylic acids is 1. The Balaban J connectivity index is 1.61. The highest BCUT2D eigenvalue weighted by molar-refractivity contribution is 6.05. The van der Waals surface area contributed by atoms with Gasteiger partial charge in [0.2, 0.25) is 0 Å². The highest BCUT2D eigenvalue weighted by Crippen LogP contribution is 2.30. The van der Waals surface area contributed by atoms with Crippen molar-refractivity contribution in [2.75, 3.05) is 5.32 Å². The molecule has 0 aliphatic heterocycles. The quantitative estimate of drug-likeness (QED) is 0.502. The Morgan fingerprint density at radius 2 is 1.90 bits per heavy atom. The molecule has 10 heteroatoms. The normalized spacial score (nSPS) is 11.6. The summed E-state index contributed by atoms with van der Waals surface area (Å²) in [6, 6.07) is 8.64. The Morgan fingerprint density at radius 1 is 1.10 bits per heavy atom. The summed E-state index contributed by atoms with van der Waals surface area (Å²) >= 11 is 0. The zero-order valence-electron chi connectivity index (χ0n) is 15.4. The van der Waals surface area contributed by atoms with E-state index in [9.17, 15) is 22.4 Å². The molecule has 1 amide bonds. The molecular formula is C20H13F4N5O. The zero-order valence-corrected chi connectivity index (χ0v) is 15.4. The number of aromatic nitrogens is 4. The highest BCUT2D eigenvalue weighted by atomic mass is 19.4. The second-order valence-corrected chi connectivity index (χ2v) is 6.48. The van der Waals surface area contributed by atoms with Crippen LogP contribution in [0, 0.1) is 5.82 Å². The lowest BCUT2D eigenvalue weighted by Gasteiger charge is -2.07. The molecule has 0 spiro atoms. The van der Waals surface area contributed by atoms with E-state index in [1.165, 1.54) is 37.6 Å². The number of rotatable bonds is 3. The number of halogens is 4. The van der Waals surface area contributed by atoms with Crippen molar-refractivity contribution in [3.63, 3.8) is 0 Å². The molecule has 0 bridgehead atoms. The number of alkyl halides is 3. The van der Waals surface area contributed by atoms with Crippen LogP contribution in [0.25, 0.3) is 22.0 Å². The Hall–Kier alpha value is -3.82. The minimum Gasteiger partial charge on any atom is -0.307 e. The molecule has 6 nitrogen and oxygen atoms in total. The minimum atomic E-state index is -4.61. The first-order chi connectivity index (χ1) is 14.2. The van der Waals surface area contributed by atoms with E-state index in [1.807, 2.05) is 0 Å². The smallest absolute Gasteiger partial charge is 0.307 e. The fraction of sp³-hybridized carbons (Fsp3) is 0.100. The third-order valence-corrected chi connectivity index (χ3v) is 4.44.